The Kier molecular flexibility index (Phi) is 1.83. The molecule has 1 aliphatic rings. The van der Waals surface area contributed by atoms with Gasteiger partial charge in [0.05, 0.1) is 0 Å². The fourth-order valence-corrected chi connectivity index (χ4v) is 1.33. The Morgan fingerprint density at radius 1 is 1.36 bits per heavy atom. The molecular formula is C9H9F2NO2. The zero-order valence-electron chi connectivity index (χ0n) is 7.75. The molecule has 76 valence electrons. The lowest BCUT2D eigenvalue weighted by molar-refractivity contribution is -0.287. The molecule has 0 saturated carbocycles. The van der Waals surface area contributed by atoms with E-state index in [4.69, 9.17) is 0 Å². The average molecular weight is 201 g/mol. The molecule has 0 amide bonds. The summed E-state index contributed by atoms with van der Waals surface area (Å²) in [6, 6.07) is 1.65. The molecule has 1 aromatic rings. The van der Waals surface area contributed by atoms with Crippen LogP contribution in [0.4, 0.5) is 8.78 Å². The number of halogens is 2. The Balaban J connectivity index is 2.46. The largest absolute Gasteiger partial charge is 0.587 e. The van der Waals surface area contributed by atoms with Gasteiger partial charge in [0.2, 0.25) is 0 Å². The minimum Gasteiger partial charge on any atom is -0.393 e. The second-order valence-corrected chi connectivity index (χ2v) is 3.36. The summed E-state index contributed by atoms with van der Waals surface area (Å²) in [5, 5.41) is 0. The molecule has 1 aliphatic heterocycles. The van der Waals surface area contributed by atoms with Crippen molar-refractivity contribution in [1.82, 2.24) is 4.98 Å². The molecule has 0 spiro atoms. The first-order valence-electron chi connectivity index (χ1n) is 4.24. The van der Waals surface area contributed by atoms with Crippen molar-refractivity contribution in [3.8, 4) is 11.6 Å². The van der Waals surface area contributed by atoms with E-state index in [0.717, 1.165) is 0 Å². The minimum atomic E-state index is -3.58. The van der Waals surface area contributed by atoms with Crippen molar-refractivity contribution in [3.63, 3.8) is 0 Å². The summed E-state index contributed by atoms with van der Waals surface area (Å²) in [7, 11) is 0. The number of alkyl halides is 2. The molecule has 2 rings (SSSR count). The van der Waals surface area contributed by atoms with E-state index in [2.05, 4.69) is 14.5 Å². The highest BCUT2D eigenvalue weighted by molar-refractivity contribution is 5.45. The van der Waals surface area contributed by atoms with Crippen LogP contribution in [-0.2, 0) is 0 Å². The van der Waals surface area contributed by atoms with E-state index in [1.54, 1.807) is 6.07 Å². The van der Waals surface area contributed by atoms with Gasteiger partial charge in [-0.05, 0) is 12.0 Å². The predicted molar refractivity (Wildman–Crippen MR) is 44.5 cm³/mol. The van der Waals surface area contributed by atoms with Crippen LogP contribution in [0.5, 0.6) is 11.6 Å². The fourth-order valence-electron chi connectivity index (χ4n) is 1.33. The third-order valence-corrected chi connectivity index (χ3v) is 1.96. The third kappa shape index (κ3) is 1.38. The Labute approximate surface area is 79.7 Å². The van der Waals surface area contributed by atoms with Gasteiger partial charge in [-0.3, -0.25) is 0 Å². The normalized spacial score (nSPS) is 17.5. The third-order valence-electron chi connectivity index (χ3n) is 1.96. The van der Waals surface area contributed by atoms with E-state index in [-0.39, 0.29) is 17.5 Å². The maximum absolute atomic E-state index is 12.7. The molecule has 0 saturated heterocycles. The number of pyridine rings is 1. The number of rotatable bonds is 1. The molecule has 0 unspecified atom stereocenters. The lowest BCUT2D eigenvalue weighted by atomic mass is 10.0. The van der Waals surface area contributed by atoms with Gasteiger partial charge in [-0.1, -0.05) is 13.8 Å². The van der Waals surface area contributed by atoms with Crippen molar-refractivity contribution in [3.05, 3.63) is 17.8 Å². The van der Waals surface area contributed by atoms with Crippen LogP contribution in [0.25, 0.3) is 0 Å². The molecule has 3 nitrogen and oxygen atoms in total. The van der Waals surface area contributed by atoms with Crippen LogP contribution in [-0.4, -0.2) is 11.3 Å². The van der Waals surface area contributed by atoms with E-state index in [0.29, 0.717) is 5.56 Å². The molecule has 2 heterocycles. The van der Waals surface area contributed by atoms with Crippen molar-refractivity contribution >= 4 is 0 Å². The van der Waals surface area contributed by atoms with Gasteiger partial charge in [0.1, 0.15) is 0 Å². The van der Waals surface area contributed by atoms with Gasteiger partial charge in [0, 0.05) is 11.8 Å². The van der Waals surface area contributed by atoms with Crippen molar-refractivity contribution in [2.75, 3.05) is 0 Å². The van der Waals surface area contributed by atoms with E-state index >= 15 is 0 Å². The van der Waals surface area contributed by atoms with Gasteiger partial charge in [-0.2, -0.15) is 0 Å². The molecule has 0 aromatic carbocycles. The summed E-state index contributed by atoms with van der Waals surface area (Å²) >= 11 is 0. The smallest absolute Gasteiger partial charge is 0.393 e. The standard InChI is InChI=1S/C9H9F2NO2/c1-5(2)6-3-4-12-8-7(6)13-9(10,11)14-8/h3-5H,1-2H3. The quantitative estimate of drug-likeness (QED) is 0.699. The zero-order chi connectivity index (χ0) is 10.3. The van der Waals surface area contributed by atoms with Crippen molar-refractivity contribution in [1.29, 1.82) is 0 Å². The van der Waals surface area contributed by atoms with Crippen LogP contribution in [0.1, 0.15) is 25.3 Å². The molecule has 0 N–H and O–H groups in total. The Bertz CT molecular complexity index is 366. The topological polar surface area (TPSA) is 31.4 Å². The Morgan fingerprint density at radius 2 is 2.07 bits per heavy atom. The fraction of sp³-hybridized carbons (Fsp3) is 0.444. The predicted octanol–water partition coefficient (Wildman–Crippen LogP) is 2.53. The van der Waals surface area contributed by atoms with E-state index < -0.39 is 6.29 Å². The first-order valence-corrected chi connectivity index (χ1v) is 4.24. The van der Waals surface area contributed by atoms with E-state index in [1.165, 1.54) is 6.20 Å². The minimum absolute atomic E-state index is 0.0486. The molecule has 0 aliphatic carbocycles. The molecule has 0 atom stereocenters. The summed E-state index contributed by atoms with van der Waals surface area (Å²) in [6.45, 7) is 3.77. The van der Waals surface area contributed by atoms with Crippen LogP contribution < -0.4 is 9.47 Å². The van der Waals surface area contributed by atoms with Crippen LogP contribution in [0.3, 0.4) is 0 Å². The van der Waals surface area contributed by atoms with Crippen LogP contribution in [0.15, 0.2) is 12.3 Å². The molecule has 0 radical (unpaired) electrons. The first kappa shape index (κ1) is 9.18. The van der Waals surface area contributed by atoms with E-state index in [9.17, 15) is 8.78 Å². The second kappa shape index (κ2) is 2.80. The van der Waals surface area contributed by atoms with Crippen LogP contribution in [0, 0.1) is 0 Å². The van der Waals surface area contributed by atoms with Gasteiger partial charge in [-0.25, -0.2) is 4.98 Å². The Hall–Kier alpha value is -1.39. The second-order valence-electron chi connectivity index (χ2n) is 3.36. The number of hydrogen-bond acceptors (Lipinski definition) is 3. The molecule has 0 bridgehead atoms. The number of nitrogens with zero attached hydrogens (tertiary/aromatic N) is 1. The highest BCUT2D eigenvalue weighted by Gasteiger charge is 2.45. The van der Waals surface area contributed by atoms with Crippen molar-refractivity contribution < 1.29 is 18.3 Å². The van der Waals surface area contributed by atoms with Gasteiger partial charge in [-0.15, -0.1) is 8.78 Å². The number of ether oxygens (including phenoxy) is 2. The maximum Gasteiger partial charge on any atom is 0.587 e. The first-order chi connectivity index (χ1) is 6.49. The molecule has 5 heteroatoms. The molecule has 1 aromatic heterocycles. The number of aromatic nitrogens is 1. The number of fused-ring (bicyclic) bond motifs is 1. The van der Waals surface area contributed by atoms with Crippen LogP contribution in [0.2, 0.25) is 0 Å². The van der Waals surface area contributed by atoms with E-state index in [1.807, 2.05) is 13.8 Å². The zero-order valence-corrected chi connectivity index (χ0v) is 7.75. The SMILES string of the molecule is CC(C)c1ccnc2c1OC(F)(F)O2. The average Bonchev–Trinajstić information content (AvgIpc) is 2.36. The summed E-state index contributed by atoms with van der Waals surface area (Å²) < 4.78 is 34.0. The number of hydrogen-bond donors (Lipinski definition) is 0. The van der Waals surface area contributed by atoms with Crippen LogP contribution >= 0.6 is 0 Å². The lowest BCUT2D eigenvalue weighted by Gasteiger charge is -2.08. The van der Waals surface area contributed by atoms with Gasteiger partial charge in [0.25, 0.3) is 5.88 Å². The molecule has 14 heavy (non-hydrogen) atoms. The van der Waals surface area contributed by atoms with Gasteiger partial charge in [0.15, 0.2) is 5.75 Å². The van der Waals surface area contributed by atoms with Gasteiger partial charge < -0.3 is 9.47 Å². The molecule has 0 fully saturated rings. The van der Waals surface area contributed by atoms with Gasteiger partial charge >= 0.3 is 6.29 Å². The molecular weight excluding hydrogens is 192 g/mol. The maximum atomic E-state index is 12.7. The highest BCUT2D eigenvalue weighted by atomic mass is 19.3. The van der Waals surface area contributed by atoms with Crippen molar-refractivity contribution in [2.45, 2.75) is 26.1 Å². The highest BCUT2D eigenvalue weighted by Crippen LogP contribution is 2.43. The monoisotopic (exact) mass is 201 g/mol. The Morgan fingerprint density at radius 3 is 2.71 bits per heavy atom. The summed E-state index contributed by atoms with van der Waals surface area (Å²) in [5.74, 6) is -0.00190. The van der Waals surface area contributed by atoms with Crippen molar-refractivity contribution in [2.24, 2.45) is 0 Å². The summed E-state index contributed by atoms with van der Waals surface area (Å²) in [4.78, 5) is 3.67. The summed E-state index contributed by atoms with van der Waals surface area (Å²) in [5.41, 5.74) is 0.673. The summed E-state index contributed by atoms with van der Waals surface area (Å²) in [6.07, 6.45) is -2.15. The lowest BCUT2D eigenvalue weighted by Crippen LogP contribution is -2.26.